The second-order valence-electron chi connectivity index (χ2n) is 4.94. The van der Waals surface area contributed by atoms with Gasteiger partial charge in [0.05, 0.1) is 21.8 Å². The van der Waals surface area contributed by atoms with Crippen LogP contribution in [0.1, 0.15) is 25.5 Å². The number of unbranched alkanes of at least 4 members (excludes halogenated alkanes) is 1. The van der Waals surface area contributed by atoms with Gasteiger partial charge in [0.2, 0.25) is 0 Å². The van der Waals surface area contributed by atoms with Crippen LogP contribution < -0.4 is 16.7 Å². The molecule has 7 nitrogen and oxygen atoms in total. The van der Waals surface area contributed by atoms with Crippen molar-refractivity contribution in [2.45, 2.75) is 26.2 Å². The summed E-state index contributed by atoms with van der Waals surface area (Å²) in [6, 6.07) is 3.01. The minimum atomic E-state index is -0.414. The van der Waals surface area contributed by atoms with Crippen LogP contribution in [0.4, 0.5) is 0 Å². The highest BCUT2D eigenvalue weighted by Gasteiger charge is 2.09. The van der Waals surface area contributed by atoms with E-state index in [2.05, 4.69) is 20.2 Å². The zero-order chi connectivity index (χ0) is 15.0. The molecular formula is C14H14N4O3. The molecule has 0 amide bonds. The summed E-state index contributed by atoms with van der Waals surface area (Å²) in [6.45, 7) is 2.04. The molecule has 2 heterocycles. The van der Waals surface area contributed by atoms with Gasteiger partial charge < -0.3 is 4.98 Å². The molecule has 0 spiro atoms. The third kappa shape index (κ3) is 2.26. The Hall–Kier alpha value is -2.70. The number of H-pyrrole nitrogens is 3. The minimum Gasteiger partial charge on any atom is -0.319 e. The fourth-order valence-corrected chi connectivity index (χ4v) is 2.31. The van der Waals surface area contributed by atoms with Gasteiger partial charge in [-0.3, -0.25) is 24.6 Å². The molecular weight excluding hydrogens is 272 g/mol. The molecule has 0 atom stereocenters. The summed E-state index contributed by atoms with van der Waals surface area (Å²) in [4.78, 5) is 42.5. The first kappa shape index (κ1) is 13.3. The number of hydrogen-bond acceptors (Lipinski definition) is 4. The fraction of sp³-hybridized carbons (Fsp3) is 0.286. The van der Waals surface area contributed by atoms with E-state index >= 15 is 0 Å². The van der Waals surface area contributed by atoms with Gasteiger partial charge in [0, 0.05) is 0 Å². The Morgan fingerprint density at radius 1 is 1.00 bits per heavy atom. The number of nitrogens with one attached hydrogen (secondary N) is 3. The molecule has 7 heteroatoms. The molecule has 0 saturated heterocycles. The van der Waals surface area contributed by atoms with Gasteiger partial charge in [0.15, 0.2) is 0 Å². The topological polar surface area (TPSA) is 111 Å². The average molecular weight is 286 g/mol. The quantitative estimate of drug-likeness (QED) is 0.618. The van der Waals surface area contributed by atoms with Crippen LogP contribution in [0.15, 0.2) is 26.5 Å². The van der Waals surface area contributed by atoms with E-state index in [1.165, 1.54) is 12.1 Å². The summed E-state index contributed by atoms with van der Waals surface area (Å²) in [6.07, 6.45) is 2.42. The van der Waals surface area contributed by atoms with E-state index in [-0.39, 0.29) is 16.3 Å². The highest BCUT2D eigenvalue weighted by atomic mass is 16.1. The molecule has 0 saturated carbocycles. The van der Waals surface area contributed by atoms with Crippen LogP contribution in [-0.4, -0.2) is 20.2 Å². The van der Waals surface area contributed by atoms with E-state index in [1.807, 2.05) is 6.92 Å². The van der Waals surface area contributed by atoms with E-state index in [0.29, 0.717) is 23.1 Å². The molecule has 3 aromatic rings. The number of fused-ring (bicyclic) bond motifs is 2. The molecule has 0 bridgehead atoms. The van der Waals surface area contributed by atoms with Crippen molar-refractivity contribution in [3.8, 4) is 0 Å². The number of benzene rings is 1. The van der Waals surface area contributed by atoms with Crippen LogP contribution in [-0.2, 0) is 6.42 Å². The Labute approximate surface area is 118 Å². The van der Waals surface area contributed by atoms with E-state index < -0.39 is 11.1 Å². The van der Waals surface area contributed by atoms with Crippen molar-refractivity contribution in [3.63, 3.8) is 0 Å². The predicted octanol–water partition coefficient (Wildman–Crippen LogP) is 0.795. The van der Waals surface area contributed by atoms with Gasteiger partial charge in [-0.15, -0.1) is 0 Å². The summed E-state index contributed by atoms with van der Waals surface area (Å²) in [5.41, 5.74) is 0.340. The monoisotopic (exact) mass is 286 g/mol. The van der Waals surface area contributed by atoms with Crippen molar-refractivity contribution in [1.82, 2.24) is 20.2 Å². The molecule has 0 fully saturated rings. The fourth-order valence-electron chi connectivity index (χ4n) is 2.31. The summed E-state index contributed by atoms with van der Waals surface area (Å²) >= 11 is 0. The number of hydrogen-bond donors (Lipinski definition) is 3. The highest BCUT2D eigenvalue weighted by molar-refractivity contribution is 5.93. The van der Waals surface area contributed by atoms with Crippen molar-refractivity contribution in [3.05, 3.63) is 48.9 Å². The summed E-state index contributed by atoms with van der Waals surface area (Å²) in [7, 11) is 0. The van der Waals surface area contributed by atoms with Gasteiger partial charge in [0.1, 0.15) is 5.69 Å². The Morgan fingerprint density at radius 3 is 2.33 bits per heavy atom. The molecule has 0 aliphatic heterocycles. The Balaban J connectivity index is 2.34. The number of nitrogens with zero attached hydrogens (tertiary/aromatic N) is 1. The lowest BCUT2D eigenvalue weighted by Crippen LogP contribution is -2.20. The largest absolute Gasteiger partial charge is 0.319 e. The molecule has 0 aliphatic carbocycles. The third-order valence-electron chi connectivity index (χ3n) is 3.45. The summed E-state index contributed by atoms with van der Waals surface area (Å²) < 4.78 is 0. The van der Waals surface area contributed by atoms with E-state index in [1.54, 1.807) is 0 Å². The van der Waals surface area contributed by atoms with E-state index in [4.69, 9.17) is 0 Å². The van der Waals surface area contributed by atoms with Gasteiger partial charge in [0.25, 0.3) is 16.7 Å². The Morgan fingerprint density at radius 2 is 1.67 bits per heavy atom. The zero-order valence-corrected chi connectivity index (χ0v) is 11.4. The standard InChI is InChI=1S/C14H14N4O3/c1-2-3-4-9-14(21)16-11-6-8-7(5-10(11)15-9)12(19)17-18-13(8)20/h5-6H,2-4H2,1H3,(H,16,21)(H,17,19)(H,18,20). The molecule has 21 heavy (non-hydrogen) atoms. The minimum absolute atomic E-state index is 0.227. The number of aryl methyl sites for hydroxylation is 1. The molecule has 0 radical (unpaired) electrons. The van der Waals surface area contributed by atoms with Crippen molar-refractivity contribution >= 4 is 21.8 Å². The maximum Gasteiger partial charge on any atom is 0.270 e. The maximum atomic E-state index is 12.0. The van der Waals surface area contributed by atoms with Crippen molar-refractivity contribution in [2.75, 3.05) is 0 Å². The second-order valence-corrected chi connectivity index (χ2v) is 4.94. The first-order chi connectivity index (χ1) is 10.1. The van der Waals surface area contributed by atoms with Gasteiger partial charge in [-0.25, -0.2) is 4.98 Å². The van der Waals surface area contributed by atoms with Crippen LogP contribution >= 0.6 is 0 Å². The van der Waals surface area contributed by atoms with E-state index in [9.17, 15) is 14.4 Å². The molecule has 108 valence electrons. The zero-order valence-electron chi connectivity index (χ0n) is 11.4. The second kappa shape index (κ2) is 5.01. The van der Waals surface area contributed by atoms with Crippen LogP contribution in [0.5, 0.6) is 0 Å². The van der Waals surface area contributed by atoms with Crippen LogP contribution in [0, 0.1) is 0 Å². The molecule has 3 N–H and O–H groups in total. The van der Waals surface area contributed by atoms with Gasteiger partial charge in [-0.05, 0) is 25.0 Å². The molecule has 0 aliphatic rings. The van der Waals surface area contributed by atoms with Crippen LogP contribution in [0.3, 0.4) is 0 Å². The van der Waals surface area contributed by atoms with Crippen molar-refractivity contribution in [1.29, 1.82) is 0 Å². The molecule has 3 rings (SSSR count). The number of aromatic amines is 3. The van der Waals surface area contributed by atoms with Crippen LogP contribution in [0.25, 0.3) is 21.8 Å². The third-order valence-corrected chi connectivity index (χ3v) is 3.45. The lowest BCUT2D eigenvalue weighted by Gasteiger charge is -2.03. The SMILES string of the molecule is CCCCc1nc2cc3c(=O)[nH][nH]c(=O)c3cc2[nH]c1=O. The van der Waals surface area contributed by atoms with E-state index in [0.717, 1.165) is 12.8 Å². The average Bonchev–Trinajstić information content (AvgIpc) is 2.48. The Kier molecular flexibility index (Phi) is 3.17. The summed E-state index contributed by atoms with van der Waals surface area (Å²) in [5.74, 6) is 0. The first-order valence-electron chi connectivity index (χ1n) is 6.77. The summed E-state index contributed by atoms with van der Waals surface area (Å²) in [5, 5.41) is 5.01. The smallest absolute Gasteiger partial charge is 0.270 e. The highest BCUT2D eigenvalue weighted by Crippen LogP contribution is 2.14. The maximum absolute atomic E-state index is 12.0. The Bertz CT molecular complexity index is 997. The normalized spacial score (nSPS) is 11.3. The van der Waals surface area contributed by atoms with Crippen molar-refractivity contribution in [2.24, 2.45) is 0 Å². The van der Waals surface area contributed by atoms with Crippen LogP contribution in [0.2, 0.25) is 0 Å². The van der Waals surface area contributed by atoms with Crippen molar-refractivity contribution < 1.29 is 0 Å². The lowest BCUT2D eigenvalue weighted by molar-refractivity contribution is 0.769. The van der Waals surface area contributed by atoms with Gasteiger partial charge >= 0.3 is 0 Å². The van der Waals surface area contributed by atoms with Gasteiger partial charge in [-0.2, -0.15) is 0 Å². The molecule has 1 aromatic carbocycles. The van der Waals surface area contributed by atoms with Gasteiger partial charge in [-0.1, -0.05) is 13.3 Å². The predicted molar refractivity (Wildman–Crippen MR) is 79.7 cm³/mol. The number of aromatic nitrogens is 4. The molecule has 0 unspecified atom stereocenters. The molecule has 2 aromatic heterocycles. The first-order valence-corrected chi connectivity index (χ1v) is 6.77. The number of rotatable bonds is 3. The lowest BCUT2D eigenvalue weighted by atomic mass is 10.1.